The van der Waals surface area contributed by atoms with Crippen LogP contribution in [0.5, 0.6) is 0 Å². The van der Waals surface area contributed by atoms with E-state index >= 15 is 0 Å². The molecule has 0 radical (unpaired) electrons. The van der Waals surface area contributed by atoms with E-state index in [4.69, 9.17) is 16.3 Å². The van der Waals surface area contributed by atoms with Crippen molar-refractivity contribution < 1.29 is 4.74 Å². The second-order valence-electron chi connectivity index (χ2n) is 6.28. The number of aromatic nitrogens is 3. The molecule has 0 fully saturated rings. The smallest absolute Gasteiger partial charge is 0.276 e. The number of hydrogen-bond donors (Lipinski definition) is 1. The van der Waals surface area contributed by atoms with Crippen LogP contribution in [-0.2, 0) is 24.4 Å². The molecule has 0 aliphatic rings. The number of halogens is 1. The van der Waals surface area contributed by atoms with Gasteiger partial charge in [0.05, 0.1) is 18.9 Å². The Balaban J connectivity index is 1.63. The first kappa shape index (κ1) is 17.5. The lowest BCUT2D eigenvalue weighted by molar-refractivity contribution is 0.104. The highest BCUT2D eigenvalue weighted by molar-refractivity contribution is 6.30. The third kappa shape index (κ3) is 3.94. The number of hydrogen-bond acceptors (Lipinski definition) is 3. The summed E-state index contributed by atoms with van der Waals surface area (Å²) in [6, 6.07) is 19.2. The van der Waals surface area contributed by atoms with Crippen LogP contribution in [0.3, 0.4) is 0 Å². The summed E-state index contributed by atoms with van der Waals surface area (Å²) >= 11 is 5.96. The highest BCUT2D eigenvalue weighted by Crippen LogP contribution is 2.15. The minimum Gasteiger partial charge on any atom is -0.370 e. The van der Waals surface area contributed by atoms with Crippen molar-refractivity contribution in [3.8, 4) is 0 Å². The van der Waals surface area contributed by atoms with E-state index in [0.717, 1.165) is 11.1 Å². The molecule has 0 amide bonds. The number of aromatic amines is 1. The van der Waals surface area contributed by atoms with Crippen LogP contribution >= 0.6 is 11.6 Å². The Bertz CT molecular complexity index is 1100. The fraction of sp³-hybridized carbons (Fsp3) is 0.143. The summed E-state index contributed by atoms with van der Waals surface area (Å²) in [4.78, 5) is 17.5. The summed E-state index contributed by atoms with van der Waals surface area (Å²) in [6.45, 7) is 0.740. The molecular formula is C21H18ClN3O2. The van der Waals surface area contributed by atoms with Crippen molar-refractivity contribution in [3.05, 3.63) is 105 Å². The van der Waals surface area contributed by atoms with E-state index in [0.29, 0.717) is 35.0 Å². The van der Waals surface area contributed by atoms with Crippen LogP contribution in [0.25, 0.3) is 5.65 Å². The first-order valence-corrected chi connectivity index (χ1v) is 9.02. The molecule has 0 aliphatic heterocycles. The lowest BCUT2D eigenvalue weighted by atomic mass is 10.0. The Kier molecular flexibility index (Phi) is 5.05. The molecule has 1 N–H and O–H groups in total. The maximum absolute atomic E-state index is 12.9. The van der Waals surface area contributed by atoms with Crippen molar-refractivity contribution in [2.75, 3.05) is 0 Å². The average Bonchev–Trinajstić information content (AvgIpc) is 3.16. The molecule has 0 atom stereocenters. The number of H-pyrrole nitrogens is 1. The molecule has 0 aliphatic carbocycles. The predicted octanol–water partition coefficient (Wildman–Crippen LogP) is 3.98. The summed E-state index contributed by atoms with van der Waals surface area (Å²) in [5.74, 6) is 0. The summed E-state index contributed by atoms with van der Waals surface area (Å²) in [6.07, 6.45) is 2.17. The lowest BCUT2D eigenvalue weighted by Crippen LogP contribution is -2.23. The fourth-order valence-corrected chi connectivity index (χ4v) is 3.11. The number of rotatable bonds is 6. The van der Waals surface area contributed by atoms with Gasteiger partial charge in [0.25, 0.3) is 5.56 Å². The van der Waals surface area contributed by atoms with Crippen molar-refractivity contribution in [1.82, 2.24) is 14.6 Å². The van der Waals surface area contributed by atoms with Gasteiger partial charge in [0, 0.05) is 29.3 Å². The van der Waals surface area contributed by atoms with Crippen molar-refractivity contribution in [2.45, 2.75) is 19.6 Å². The molecule has 2 heterocycles. The van der Waals surface area contributed by atoms with Gasteiger partial charge in [0.15, 0.2) is 5.65 Å². The highest BCUT2D eigenvalue weighted by atomic mass is 35.5. The Morgan fingerprint density at radius 2 is 1.74 bits per heavy atom. The summed E-state index contributed by atoms with van der Waals surface area (Å²) in [5, 5.41) is 3.58. The average molecular weight is 380 g/mol. The molecule has 5 nitrogen and oxygen atoms in total. The molecule has 0 bridgehead atoms. The van der Waals surface area contributed by atoms with Crippen LogP contribution in [0.15, 0.2) is 71.7 Å². The van der Waals surface area contributed by atoms with Gasteiger partial charge >= 0.3 is 0 Å². The third-order valence-corrected chi connectivity index (χ3v) is 4.62. The normalized spacial score (nSPS) is 11.1. The topological polar surface area (TPSA) is 59.4 Å². The summed E-state index contributed by atoms with van der Waals surface area (Å²) < 4.78 is 7.29. The first-order chi connectivity index (χ1) is 13.2. The van der Waals surface area contributed by atoms with Crippen LogP contribution < -0.4 is 5.56 Å². The van der Waals surface area contributed by atoms with Crippen LogP contribution in [0.4, 0.5) is 0 Å². The lowest BCUT2D eigenvalue weighted by Gasteiger charge is -2.10. The number of nitrogens with one attached hydrogen (secondary N) is 1. The SMILES string of the molecule is O=c1c(Cc2ccc(Cl)cc2)c(COCc2ccccc2)nc2cc[nH]n12. The minimum absolute atomic E-state index is 0.113. The molecule has 4 rings (SSSR count). The number of ether oxygens (including phenoxy) is 1. The Hall–Kier alpha value is -2.89. The Labute approximate surface area is 161 Å². The van der Waals surface area contributed by atoms with E-state index < -0.39 is 0 Å². The monoisotopic (exact) mass is 379 g/mol. The van der Waals surface area contributed by atoms with E-state index in [-0.39, 0.29) is 12.2 Å². The molecule has 0 saturated carbocycles. The van der Waals surface area contributed by atoms with E-state index in [1.54, 1.807) is 12.3 Å². The van der Waals surface area contributed by atoms with Crippen molar-refractivity contribution >= 4 is 17.2 Å². The van der Waals surface area contributed by atoms with E-state index in [9.17, 15) is 4.79 Å². The van der Waals surface area contributed by atoms with Gasteiger partial charge in [0.1, 0.15) is 0 Å². The molecule has 0 unspecified atom stereocenters. The van der Waals surface area contributed by atoms with E-state index in [1.807, 2.05) is 54.6 Å². The summed E-state index contributed by atoms with van der Waals surface area (Å²) in [5.41, 5.74) is 3.82. The second-order valence-corrected chi connectivity index (χ2v) is 6.72. The van der Waals surface area contributed by atoms with Gasteiger partial charge < -0.3 is 4.74 Å². The Morgan fingerprint density at radius 1 is 0.963 bits per heavy atom. The second kappa shape index (κ2) is 7.78. The Morgan fingerprint density at radius 3 is 2.52 bits per heavy atom. The molecule has 2 aromatic carbocycles. The van der Waals surface area contributed by atoms with Gasteiger partial charge in [-0.05, 0) is 23.3 Å². The summed E-state index contributed by atoms with van der Waals surface area (Å²) in [7, 11) is 0. The van der Waals surface area contributed by atoms with Crippen LogP contribution in [0, 0.1) is 0 Å². The zero-order valence-electron chi connectivity index (χ0n) is 14.6. The van der Waals surface area contributed by atoms with Gasteiger partial charge in [-0.15, -0.1) is 0 Å². The standard InChI is InChI=1S/C21H18ClN3O2/c22-17-8-6-15(7-9-17)12-18-19(14-27-13-16-4-2-1-3-5-16)24-20-10-11-23-25(20)21(18)26/h1-11,23H,12-14H2. The zero-order chi connectivity index (χ0) is 18.6. The number of nitrogens with zero attached hydrogens (tertiary/aromatic N) is 2. The zero-order valence-corrected chi connectivity index (χ0v) is 15.3. The van der Waals surface area contributed by atoms with Gasteiger partial charge in [-0.1, -0.05) is 54.1 Å². The predicted molar refractivity (Wildman–Crippen MR) is 105 cm³/mol. The molecule has 4 aromatic rings. The van der Waals surface area contributed by atoms with Crippen LogP contribution in [0.2, 0.25) is 5.02 Å². The van der Waals surface area contributed by atoms with Crippen molar-refractivity contribution in [1.29, 1.82) is 0 Å². The van der Waals surface area contributed by atoms with Crippen molar-refractivity contribution in [3.63, 3.8) is 0 Å². The van der Waals surface area contributed by atoms with Gasteiger partial charge in [-0.25, -0.2) is 9.50 Å². The van der Waals surface area contributed by atoms with Gasteiger partial charge in [0.2, 0.25) is 0 Å². The van der Waals surface area contributed by atoms with Crippen LogP contribution in [0.1, 0.15) is 22.4 Å². The molecule has 2 aromatic heterocycles. The number of fused-ring (bicyclic) bond motifs is 1. The fourth-order valence-electron chi connectivity index (χ4n) is 2.98. The molecule has 136 valence electrons. The van der Waals surface area contributed by atoms with Gasteiger partial charge in [-0.3, -0.25) is 9.89 Å². The largest absolute Gasteiger partial charge is 0.370 e. The minimum atomic E-state index is -0.113. The number of benzene rings is 2. The van der Waals surface area contributed by atoms with Gasteiger partial charge in [-0.2, -0.15) is 0 Å². The van der Waals surface area contributed by atoms with E-state index in [2.05, 4.69) is 10.1 Å². The highest BCUT2D eigenvalue weighted by Gasteiger charge is 2.14. The first-order valence-electron chi connectivity index (χ1n) is 8.65. The maximum Gasteiger partial charge on any atom is 0.276 e. The third-order valence-electron chi connectivity index (χ3n) is 4.37. The van der Waals surface area contributed by atoms with E-state index in [1.165, 1.54) is 4.52 Å². The maximum atomic E-state index is 12.9. The van der Waals surface area contributed by atoms with Crippen LogP contribution in [-0.4, -0.2) is 14.6 Å². The molecule has 0 spiro atoms. The molecule has 6 heteroatoms. The molecule has 0 saturated heterocycles. The quantitative estimate of drug-likeness (QED) is 0.551. The molecular weight excluding hydrogens is 362 g/mol. The molecule has 27 heavy (non-hydrogen) atoms. The van der Waals surface area contributed by atoms with Crippen molar-refractivity contribution in [2.24, 2.45) is 0 Å².